The summed E-state index contributed by atoms with van der Waals surface area (Å²) in [6.07, 6.45) is 2.77. The minimum absolute atomic E-state index is 0.0131. The maximum Gasteiger partial charge on any atom is 0.221 e. The molecule has 0 bridgehead atoms. The van der Waals surface area contributed by atoms with E-state index in [0.717, 1.165) is 22.6 Å². The van der Waals surface area contributed by atoms with E-state index in [1.54, 1.807) is 6.20 Å². The molecule has 1 heterocycles. The van der Waals surface area contributed by atoms with E-state index in [1.807, 2.05) is 79.7 Å². The third-order valence-corrected chi connectivity index (χ3v) is 4.32. The zero-order chi connectivity index (χ0) is 18.9. The van der Waals surface area contributed by atoms with Crippen molar-refractivity contribution in [1.82, 2.24) is 10.3 Å². The molecule has 4 heteroatoms. The number of hydrogen-bond donors (Lipinski definition) is 1. The molecular weight excluding hydrogens is 336 g/mol. The number of nitrogens with one attached hydrogen (secondary N) is 1. The predicted molar refractivity (Wildman–Crippen MR) is 107 cm³/mol. The molecule has 138 valence electrons. The van der Waals surface area contributed by atoms with E-state index in [9.17, 15) is 4.79 Å². The Kier molecular flexibility index (Phi) is 6.58. The largest absolute Gasteiger partial charge is 0.494 e. The first-order valence-corrected chi connectivity index (χ1v) is 9.24. The molecule has 1 N–H and O–H groups in total. The lowest BCUT2D eigenvalue weighted by atomic mass is 10.0. The van der Waals surface area contributed by atoms with Gasteiger partial charge in [-0.05, 0) is 42.7 Å². The van der Waals surface area contributed by atoms with Gasteiger partial charge in [-0.25, -0.2) is 0 Å². The summed E-state index contributed by atoms with van der Waals surface area (Å²) in [4.78, 5) is 17.1. The zero-order valence-corrected chi connectivity index (χ0v) is 15.5. The van der Waals surface area contributed by atoms with Crippen LogP contribution in [-0.4, -0.2) is 17.5 Å². The molecule has 0 fully saturated rings. The molecule has 3 rings (SSSR count). The number of ether oxygens (including phenoxy) is 1. The predicted octanol–water partition coefficient (Wildman–Crippen LogP) is 4.32. The number of hydrogen-bond acceptors (Lipinski definition) is 3. The number of rotatable bonds is 8. The summed E-state index contributed by atoms with van der Waals surface area (Å²) >= 11 is 0. The average molecular weight is 360 g/mol. The van der Waals surface area contributed by atoms with Crippen LogP contribution >= 0.6 is 0 Å². The number of benzene rings is 2. The Labute approximate surface area is 160 Å². The highest BCUT2D eigenvalue weighted by Crippen LogP contribution is 2.22. The Morgan fingerprint density at radius 2 is 1.74 bits per heavy atom. The van der Waals surface area contributed by atoms with Crippen LogP contribution in [0.4, 0.5) is 0 Å². The van der Waals surface area contributed by atoms with Gasteiger partial charge in [0.1, 0.15) is 5.75 Å². The van der Waals surface area contributed by atoms with Gasteiger partial charge in [-0.15, -0.1) is 0 Å². The Bertz CT molecular complexity index is 811. The van der Waals surface area contributed by atoms with Crippen LogP contribution in [-0.2, 0) is 11.2 Å². The molecule has 0 saturated carbocycles. The van der Waals surface area contributed by atoms with Gasteiger partial charge >= 0.3 is 0 Å². The van der Waals surface area contributed by atoms with Gasteiger partial charge in [0.15, 0.2) is 0 Å². The van der Waals surface area contributed by atoms with Gasteiger partial charge in [-0.3, -0.25) is 9.78 Å². The van der Waals surface area contributed by atoms with E-state index in [4.69, 9.17) is 4.74 Å². The fourth-order valence-corrected chi connectivity index (χ4v) is 3.01. The number of carbonyl (C=O) groups excluding carboxylic acids is 1. The number of aromatic nitrogens is 1. The van der Waals surface area contributed by atoms with Gasteiger partial charge in [0.2, 0.25) is 5.91 Å². The highest BCUT2D eigenvalue weighted by molar-refractivity contribution is 5.77. The second-order valence-electron chi connectivity index (χ2n) is 6.21. The smallest absolute Gasteiger partial charge is 0.221 e. The first-order valence-electron chi connectivity index (χ1n) is 9.24. The van der Waals surface area contributed by atoms with Gasteiger partial charge in [-0.2, -0.15) is 0 Å². The van der Waals surface area contributed by atoms with Gasteiger partial charge in [0, 0.05) is 12.6 Å². The highest BCUT2D eigenvalue weighted by atomic mass is 16.5. The molecule has 1 unspecified atom stereocenters. The Balaban J connectivity index is 1.70. The van der Waals surface area contributed by atoms with Crippen molar-refractivity contribution in [2.75, 3.05) is 6.61 Å². The third kappa shape index (κ3) is 5.17. The van der Waals surface area contributed by atoms with Crippen LogP contribution in [0.3, 0.4) is 0 Å². The molecule has 1 amide bonds. The molecule has 0 aliphatic carbocycles. The van der Waals surface area contributed by atoms with Gasteiger partial charge in [0.05, 0.1) is 18.3 Å². The van der Waals surface area contributed by atoms with Crippen LogP contribution in [0.2, 0.25) is 0 Å². The topological polar surface area (TPSA) is 51.2 Å². The molecule has 2 aromatic carbocycles. The maximum atomic E-state index is 12.7. The molecule has 1 aromatic heterocycles. The van der Waals surface area contributed by atoms with Crippen molar-refractivity contribution >= 4 is 5.91 Å². The minimum atomic E-state index is -0.262. The number of carbonyl (C=O) groups is 1. The van der Waals surface area contributed by atoms with E-state index < -0.39 is 0 Å². The molecule has 4 nitrogen and oxygen atoms in total. The molecule has 0 aliphatic rings. The summed E-state index contributed by atoms with van der Waals surface area (Å²) in [6, 6.07) is 23.2. The molecular formula is C23H24N2O2. The van der Waals surface area contributed by atoms with E-state index in [0.29, 0.717) is 19.4 Å². The summed E-state index contributed by atoms with van der Waals surface area (Å²) < 4.78 is 5.65. The number of nitrogens with zero attached hydrogens (tertiary/aromatic N) is 1. The minimum Gasteiger partial charge on any atom is -0.494 e. The maximum absolute atomic E-state index is 12.7. The summed E-state index contributed by atoms with van der Waals surface area (Å²) in [6.45, 7) is 2.57. The fourth-order valence-electron chi connectivity index (χ4n) is 3.01. The molecule has 1 atom stereocenters. The lowest BCUT2D eigenvalue weighted by molar-refractivity contribution is -0.121. The van der Waals surface area contributed by atoms with E-state index >= 15 is 0 Å². The number of aryl methyl sites for hydroxylation is 1. The van der Waals surface area contributed by atoms with Crippen molar-refractivity contribution in [1.29, 1.82) is 0 Å². The van der Waals surface area contributed by atoms with Crippen LogP contribution < -0.4 is 10.1 Å². The van der Waals surface area contributed by atoms with Crippen LogP contribution in [0.15, 0.2) is 79.0 Å². The lowest BCUT2D eigenvalue weighted by Crippen LogP contribution is -2.30. The number of pyridine rings is 1. The number of amides is 1. The van der Waals surface area contributed by atoms with Crippen molar-refractivity contribution in [3.05, 3.63) is 95.8 Å². The van der Waals surface area contributed by atoms with E-state index in [-0.39, 0.29) is 11.9 Å². The van der Waals surface area contributed by atoms with Crippen LogP contribution in [0.5, 0.6) is 5.75 Å². The Hall–Kier alpha value is -3.14. The monoisotopic (exact) mass is 360 g/mol. The Morgan fingerprint density at radius 1 is 1.00 bits per heavy atom. The zero-order valence-electron chi connectivity index (χ0n) is 15.5. The first-order chi connectivity index (χ1) is 13.3. The van der Waals surface area contributed by atoms with Crippen molar-refractivity contribution in [3.63, 3.8) is 0 Å². The lowest BCUT2D eigenvalue weighted by Gasteiger charge is -2.19. The standard InChI is InChI=1S/C23H24N2O2/c1-2-27-21-14-7-6-10-18(21)15-16-22(26)25-23(19-11-4-3-5-12-19)20-13-8-9-17-24-20/h3-14,17,23H,2,15-16H2,1H3,(H,25,26). The summed E-state index contributed by atoms with van der Waals surface area (Å²) in [7, 11) is 0. The number of para-hydroxylation sites is 1. The van der Waals surface area contributed by atoms with Gasteiger partial charge in [0.25, 0.3) is 0 Å². The molecule has 0 saturated heterocycles. The fraction of sp³-hybridized carbons (Fsp3) is 0.217. The van der Waals surface area contributed by atoms with Crippen molar-refractivity contribution in [3.8, 4) is 5.75 Å². The molecule has 27 heavy (non-hydrogen) atoms. The van der Waals surface area contributed by atoms with Crippen molar-refractivity contribution in [2.24, 2.45) is 0 Å². The Morgan fingerprint density at radius 3 is 2.48 bits per heavy atom. The van der Waals surface area contributed by atoms with Crippen molar-refractivity contribution < 1.29 is 9.53 Å². The SMILES string of the molecule is CCOc1ccccc1CCC(=O)NC(c1ccccc1)c1ccccn1. The second-order valence-corrected chi connectivity index (χ2v) is 6.21. The molecule has 0 spiro atoms. The summed E-state index contributed by atoms with van der Waals surface area (Å²) in [5, 5.41) is 3.13. The average Bonchev–Trinajstić information content (AvgIpc) is 2.73. The first kappa shape index (κ1) is 18.6. The molecule has 0 radical (unpaired) electrons. The van der Waals surface area contributed by atoms with Crippen LogP contribution in [0.25, 0.3) is 0 Å². The molecule has 0 aliphatic heterocycles. The normalized spacial score (nSPS) is 11.6. The second kappa shape index (κ2) is 9.53. The van der Waals surface area contributed by atoms with E-state index in [1.165, 1.54) is 0 Å². The highest BCUT2D eigenvalue weighted by Gasteiger charge is 2.18. The summed E-state index contributed by atoms with van der Waals surface area (Å²) in [5.74, 6) is 0.831. The van der Waals surface area contributed by atoms with Crippen LogP contribution in [0.1, 0.15) is 36.2 Å². The third-order valence-electron chi connectivity index (χ3n) is 4.32. The molecule has 3 aromatic rings. The van der Waals surface area contributed by atoms with Gasteiger partial charge < -0.3 is 10.1 Å². The quantitative estimate of drug-likeness (QED) is 0.651. The van der Waals surface area contributed by atoms with Crippen LogP contribution in [0, 0.1) is 0 Å². The summed E-state index contributed by atoms with van der Waals surface area (Å²) in [5.41, 5.74) is 2.88. The van der Waals surface area contributed by atoms with E-state index in [2.05, 4.69) is 10.3 Å². The van der Waals surface area contributed by atoms with Gasteiger partial charge in [-0.1, -0.05) is 54.6 Å². The van der Waals surface area contributed by atoms with Crippen molar-refractivity contribution in [2.45, 2.75) is 25.8 Å².